The maximum absolute atomic E-state index is 13.5. The number of aliphatic hydroxyl groups excluding tert-OH is 1. The SMILES string of the molecule is Cc1ccc(C)c(-c2ccc(C(=O)NC3(C(=O)O)CCC(O)CC3)nc2-c2ccc(Cl)c(OCCCN(C)C)c2)c1. The molecule has 1 fully saturated rings. The van der Waals surface area contributed by atoms with Crippen LogP contribution in [0.15, 0.2) is 48.5 Å². The summed E-state index contributed by atoms with van der Waals surface area (Å²) < 4.78 is 6.01. The average molecular weight is 580 g/mol. The normalized spacial score (nSPS) is 18.8. The van der Waals surface area contributed by atoms with Crippen molar-refractivity contribution in [3.63, 3.8) is 0 Å². The molecule has 1 heterocycles. The maximum atomic E-state index is 13.5. The van der Waals surface area contributed by atoms with E-state index in [0.29, 0.717) is 35.9 Å². The second-order valence-corrected chi connectivity index (χ2v) is 11.5. The lowest BCUT2D eigenvalue weighted by Gasteiger charge is -2.35. The van der Waals surface area contributed by atoms with Crippen LogP contribution in [0.3, 0.4) is 0 Å². The molecule has 0 aliphatic heterocycles. The van der Waals surface area contributed by atoms with Gasteiger partial charge in [-0.3, -0.25) is 4.79 Å². The van der Waals surface area contributed by atoms with Crippen molar-refractivity contribution in [1.82, 2.24) is 15.2 Å². The number of carbonyl (C=O) groups excluding carboxylic acids is 1. The van der Waals surface area contributed by atoms with Crippen molar-refractivity contribution in [3.8, 4) is 28.1 Å². The summed E-state index contributed by atoms with van der Waals surface area (Å²) in [6, 6.07) is 15.1. The van der Waals surface area contributed by atoms with Gasteiger partial charge in [-0.15, -0.1) is 0 Å². The lowest BCUT2D eigenvalue weighted by Crippen LogP contribution is -2.57. The zero-order valence-corrected chi connectivity index (χ0v) is 24.8. The van der Waals surface area contributed by atoms with Crippen molar-refractivity contribution in [3.05, 3.63) is 70.4 Å². The Kier molecular flexibility index (Phi) is 9.68. The van der Waals surface area contributed by atoms with Gasteiger partial charge in [0.2, 0.25) is 0 Å². The lowest BCUT2D eigenvalue weighted by molar-refractivity contribution is -0.146. The maximum Gasteiger partial charge on any atom is 0.329 e. The zero-order valence-electron chi connectivity index (χ0n) is 24.0. The summed E-state index contributed by atoms with van der Waals surface area (Å²) >= 11 is 6.48. The van der Waals surface area contributed by atoms with E-state index in [1.165, 1.54) is 0 Å². The van der Waals surface area contributed by atoms with Crippen molar-refractivity contribution in [2.45, 2.75) is 57.6 Å². The molecule has 0 spiro atoms. The number of nitrogens with zero attached hydrogens (tertiary/aromatic N) is 2. The van der Waals surface area contributed by atoms with Crippen LogP contribution in [0.1, 0.15) is 53.7 Å². The van der Waals surface area contributed by atoms with E-state index >= 15 is 0 Å². The standard InChI is InChI=1S/C32H38ClN3O5/c1-20-6-7-21(2)25(18-20)24-9-11-27(30(38)35-32(31(39)40)14-12-23(37)13-15-32)34-29(24)22-8-10-26(33)28(19-22)41-17-5-16-36(3)4/h6-11,18-19,23,37H,5,12-17H2,1-4H3,(H,35,38)(H,39,40). The molecule has 9 heteroatoms. The fourth-order valence-corrected chi connectivity index (χ4v) is 5.31. The molecule has 3 aromatic rings. The first-order valence-electron chi connectivity index (χ1n) is 13.9. The van der Waals surface area contributed by atoms with Gasteiger partial charge in [-0.2, -0.15) is 0 Å². The van der Waals surface area contributed by atoms with Crippen LogP contribution < -0.4 is 10.1 Å². The summed E-state index contributed by atoms with van der Waals surface area (Å²) in [5, 5.41) is 23.1. The van der Waals surface area contributed by atoms with Crippen LogP contribution in [0, 0.1) is 13.8 Å². The smallest absolute Gasteiger partial charge is 0.329 e. The molecule has 0 radical (unpaired) electrons. The first-order valence-corrected chi connectivity index (χ1v) is 14.3. The number of amides is 1. The van der Waals surface area contributed by atoms with E-state index in [-0.39, 0.29) is 18.5 Å². The summed E-state index contributed by atoms with van der Waals surface area (Å²) in [4.78, 5) is 32.6. The predicted molar refractivity (Wildman–Crippen MR) is 161 cm³/mol. The number of ether oxygens (including phenoxy) is 1. The van der Waals surface area contributed by atoms with E-state index in [2.05, 4.69) is 16.3 Å². The van der Waals surface area contributed by atoms with Gasteiger partial charge in [0.25, 0.3) is 5.91 Å². The fraction of sp³-hybridized carbons (Fsp3) is 0.406. The molecule has 0 saturated heterocycles. The van der Waals surface area contributed by atoms with Crippen LogP contribution in [-0.4, -0.2) is 70.9 Å². The van der Waals surface area contributed by atoms with Crippen LogP contribution in [0.4, 0.5) is 0 Å². The Morgan fingerprint density at radius 3 is 2.49 bits per heavy atom. The second-order valence-electron chi connectivity index (χ2n) is 11.1. The third-order valence-electron chi connectivity index (χ3n) is 7.59. The van der Waals surface area contributed by atoms with Crippen LogP contribution in [0.5, 0.6) is 5.75 Å². The number of carboxylic acids is 1. The highest BCUT2D eigenvalue weighted by atomic mass is 35.5. The Morgan fingerprint density at radius 1 is 1.07 bits per heavy atom. The van der Waals surface area contributed by atoms with E-state index < -0.39 is 23.5 Å². The minimum absolute atomic E-state index is 0.101. The highest BCUT2D eigenvalue weighted by Gasteiger charge is 2.43. The van der Waals surface area contributed by atoms with E-state index in [4.69, 9.17) is 21.3 Å². The van der Waals surface area contributed by atoms with Gasteiger partial charge in [-0.1, -0.05) is 41.4 Å². The van der Waals surface area contributed by atoms with Crippen LogP contribution in [-0.2, 0) is 4.79 Å². The van der Waals surface area contributed by atoms with Crippen LogP contribution in [0.25, 0.3) is 22.4 Å². The third-order valence-corrected chi connectivity index (χ3v) is 7.91. The van der Waals surface area contributed by atoms with Crippen molar-refractivity contribution in [2.24, 2.45) is 0 Å². The molecule has 8 nitrogen and oxygen atoms in total. The Balaban J connectivity index is 1.74. The molecule has 2 aromatic carbocycles. The predicted octanol–water partition coefficient (Wildman–Crippen LogP) is 5.50. The van der Waals surface area contributed by atoms with Crippen molar-refractivity contribution >= 4 is 23.5 Å². The number of benzene rings is 2. The summed E-state index contributed by atoms with van der Waals surface area (Å²) in [7, 11) is 4.01. The molecule has 0 unspecified atom stereocenters. The number of hydrogen-bond donors (Lipinski definition) is 3. The van der Waals surface area contributed by atoms with Gasteiger partial charge in [-0.05, 0) is 95.4 Å². The first kappa shape index (κ1) is 30.5. The minimum Gasteiger partial charge on any atom is -0.492 e. The molecule has 4 rings (SSSR count). The second kappa shape index (κ2) is 13.0. The van der Waals surface area contributed by atoms with Gasteiger partial charge < -0.3 is 25.2 Å². The largest absolute Gasteiger partial charge is 0.492 e. The number of aryl methyl sites for hydroxylation is 2. The Bertz CT molecular complexity index is 1420. The Labute approximate surface area is 246 Å². The van der Waals surface area contributed by atoms with E-state index in [0.717, 1.165) is 40.8 Å². The summed E-state index contributed by atoms with van der Waals surface area (Å²) in [5.41, 5.74) is 3.88. The van der Waals surface area contributed by atoms with E-state index in [1.807, 2.05) is 58.3 Å². The number of aliphatic carboxylic acids is 1. The number of carbonyl (C=O) groups is 2. The van der Waals surface area contributed by atoms with Gasteiger partial charge in [0.05, 0.1) is 23.4 Å². The van der Waals surface area contributed by atoms with Gasteiger partial charge >= 0.3 is 5.97 Å². The quantitative estimate of drug-likeness (QED) is 0.272. The molecule has 1 amide bonds. The molecule has 1 aromatic heterocycles. The van der Waals surface area contributed by atoms with Gasteiger partial charge in [-0.25, -0.2) is 9.78 Å². The zero-order chi connectivity index (χ0) is 29.7. The molecule has 1 aliphatic carbocycles. The topological polar surface area (TPSA) is 112 Å². The Morgan fingerprint density at radius 2 is 1.80 bits per heavy atom. The number of nitrogens with one attached hydrogen (secondary N) is 1. The van der Waals surface area contributed by atoms with E-state index in [1.54, 1.807) is 12.1 Å². The van der Waals surface area contributed by atoms with Gasteiger partial charge in [0.15, 0.2) is 0 Å². The van der Waals surface area contributed by atoms with Crippen molar-refractivity contribution in [1.29, 1.82) is 0 Å². The molecule has 3 N–H and O–H groups in total. The number of halogens is 1. The molecular formula is C32H38ClN3O5. The number of carboxylic acid groups (broad SMARTS) is 1. The highest BCUT2D eigenvalue weighted by molar-refractivity contribution is 6.32. The number of aliphatic hydroxyl groups is 1. The van der Waals surface area contributed by atoms with E-state index in [9.17, 15) is 19.8 Å². The number of hydrogen-bond acceptors (Lipinski definition) is 6. The number of pyridine rings is 1. The van der Waals surface area contributed by atoms with Crippen molar-refractivity contribution < 1.29 is 24.5 Å². The van der Waals surface area contributed by atoms with Gasteiger partial charge in [0.1, 0.15) is 17.0 Å². The monoisotopic (exact) mass is 579 g/mol. The summed E-state index contributed by atoms with van der Waals surface area (Å²) in [6.45, 7) is 5.41. The van der Waals surface area contributed by atoms with Crippen molar-refractivity contribution in [2.75, 3.05) is 27.2 Å². The minimum atomic E-state index is -1.45. The molecule has 1 saturated carbocycles. The molecule has 41 heavy (non-hydrogen) atoms. The molecule has 218 valence electrons. The summed E-state index contributed by atoms with van der Waals surface area (Å²) in [5.74, 6) is -1.16. The molecule has 1 aliphatic rings. The summed E-state index contributed by atoms with van der Waals surface area (Å²) in [6.07, 6.45) is 1.17. The van der Waals surface area contributed by atoms with Crippen LogP contribution >= 0.6 is 11.6 Å². The first-order chi connectivity index (χ1) is 19.5. The lowest BCUT2D eigenvalue weighted by atomic mass is 9.80. The number of rotatable bonds is 10. The van der Waals surface area contributed by atoms with Gasteiger partial charge in [0, 0.05) is 17.7 Å². The fourth-order valence-electron chi connectivity index (χ4n) is 5.14. The highest BCUT2D eigenvalue weighted by Crippen LogP contribution is 2.37. The number of aromatic nitrogens is 1. The van der Waals surface area contributed by atoms with Crippen LogP contribution in [0.2, 0.25) is 5.02 Å². The molecule has 0 atom stereocenters. The third kappa shape index (κ3) is 7.25. The molecular weight excluding hydrogens is 542 g/mol. The molecule has 0 bridgehead atoms. The average Bonchev–Trinajstić information content (AvgIpc) is 2.94. The Hall–Kier alpha value is -3.46.